The SMILES string of the molecule is Nc1nc(NC(=O)Cc2ccccc2)c(N=O)c(OCc2ccccc2)n1. The molecular weight excluding hydrogens is 346 g/mol. The van der Waals surface area contributed by atoms with Gasteiger partial charge in [-0.2, -0.15) is 9.97 Å². The van der Waals surface area contributed by atoms with Crippen LogP contribution in [0.25, 0.3) is 0 Å². The molecule has 0 aliphatic heterocycles. The monoisotopic (exact) mass is 363 g/mol. The minimum absolute atomic E-state index is 0.0820. The Bertz CT molecular complexity index is 933. The van der Waals surface area contributed by atoms with Crippen molar-refractivity contribution >= 4 is 23.4 Å². The van der Waals surface area contributed by atoms with E-state index in [0.717, 1.165) is 11.1 Å². The van der Waals surface area contributed by atoms with E-state index in [0.29, 0.717) is 0 Å². The highest BCUT2D eigenvalue weighted by Gasteiger charge is 2.18. The molecule has 136 valence electrons. The van der Waals surface area contributed by atoms with Crippen LogP contribution >= 0.6 is 0 Å². The van der Waals surface area contributed by atoms with Crippen LogP contribution in [0.2, 0.25) is 0 Å². The Balaban J connectivity index is 1.77. The van der Waals surface area contributed by atoms with Gasteiger partial charge >= 0.3 is 0 Å². The molecule has 0 atom stereocenters. The summed E-state index contributed by atoms with van der Waals surface area (Å²) in [6, 6.07) is 18.5. The van der Waals surface area contributed by atoms with Crippen LogP contribution in [0, 0.1) is 4.91 Å². The molecule has 1 heterocycles. The van der Waals surface area contributed by atoms with Crippen LogP contribution in [0.3, 0.4) is 0 Å². The number of nitrogen functional groups attached to an aromatic ring is 1. The van der Waals surface area contributed by atoms with Crippen molar-refractivity contribution in [3.63, 3.8) is 0 Å². The van der Waals surface area contributed by atoms with E-state index in [-0.39, 0.29) is 42.3 Å². The third kappa shape index (κ3) is 4.85. The molecule has 2 aromatic carbocycles. The molecule has 0 aliphatic rings. The standard InChI is InChI=1S/C19H17N5O3/c20-19-22-17(21-15(25)11-13-7-3-1-4-8-13)16(24-26)18(23-19)27-12-14-9-5-2-6-10-14/h1-10H,11-12H2,(H3,20,21,22,23,25). The molecule has 27 heavy (non-hydrogen) atoms. The van der Waals surface area contributed by atoms with Crippen molar-refractivity contribution in [3.05, 3.63) is 76.7 Å². The van der Waals surface area contributed by atoms with E-state index < -0.39 is 0 Å². The minimum atomic E-state index is -0.363. The Morgan fingerprint density at radius 3 is 2.26 bits per heavy atom. The number of nitrogens with one attached hydrogen (secondary N) is 1. The number of aromatic nitrogens is 2. The van der Waals surface area contributed by atoms with Crippen LogP contribution < -0.4 is 15.8 Å². The van der Waals surface area contributed by atoms with Gasteiger partial charge in [0, 0.05) is 0 Å². The highest BCUT2D eigenvalue weighted by molar-refractivity contribution is 5.94. The van der Waals surface area contributed by atoms with Crippen molar-refractivity contribution in [3.8, 4) is 5.88 Å². The summed E-state index contributed by atoms with van der Waals surface area (Å²) in [4.78, 5) is 31.4. The number of rotatable bonds is 7. The number of ether oxygens (including phenoxy) is 1. The Hall–Kier alpha value is -3.81. The van der Waals surface area contributed by atoms with Gasteiger partial charge in [-0.3, -0.25) is 4.79 Å². The Kier molecular flexibility index (Phi) is 5.68. The summed E-state index contributed by atoms with van der Waals surface area (Å²) < 4.78 is 5.56. The number of hydrogen-bond donors (Lipinski definition) is 2. The summed E-state index contributed by atoms with van der Waals surface area (Å²) in [6.45, 7) is 0.164. The quantitative estimate of drug-likeness (QED) is 0.622. The molecule has 0 saturated carbocycles. The highest BCUT2D eigenvalue weighted by atomic mass is 16.5. The van der Waals surface area contributed by atoms with Gasteiger partial charge in [0.05, 0.1) is 6.42 Å². The Labute approximate surface area is 155 Å². The predicted octanol–water partition coefficient (Wildman–Crippen LogP) is 3.22. The number of amides is 1. The van der Waals surface area contributed by atoms with Crippen molar-refractivity contribution in [2.24, 2.45) is 5.18 Å². The first kappa shape index (κ1) is 18.0. The zero-order chi connectivity index (χ0) is 19.1. The van der Waals surface area contributed by atoms with Gasteiger partial charge in [0.15, 0.2) is 5.82 Å². The van der Waals surface area contributed by atoms with Crippen LogP contribution in [0.1, 0.15) is 11.1 Å². The summed E-state index contributed by atoms with van der Waals surface area (Å²) in [7, 11) is 0. The molecule has 0 aliphatic carbocycles. The first-order chi connectivity index (χ1) is 13.2. The molecule has 8 heteroatoms. The number of nitrogens with zero attached hydrogens (tertiary/aromatic N) is 3. The molecular formula is C19H17N5O3. The molecule has 0 spiro atoms. The number of anilines is 2. The lowest BCUT2D eigenvalue weighted by molar-refractivity contribution is -0.115. The molecule has 0 unspecified atom stereocenters. The van der Waals surface area contributed by atoms with Crippen molar-refractivity contribution in [1.82, 2.24) is 9.97 Å². The maximum absolute atomic E-state index is 12.3. The number of benzene rings is 2. The normalized spacial score (nSPS) is 10.2. The van der Waals surface area contributed by atoms with Gasteiger partial charge in [-0.05, 0) is 16.3 Å². The lowest BCUT2D eigenvalue weighted by Crippen LogP contribution is -2.16. The molecule has 3 N–H and O–H groups in total. The third-order valence-electron chi connectivity index (χ3n) is 3.64. The van der Waals surface area contributed by atoms with Gasteiger partial charge in [-0.1, -0.05) is 60.7 Å². The molecule has 3 rings (SSSR count). The molecule has 3 aromatic rings. The second-order valence-electron chi connectivity index (χ2n) is 5.66. The minimum Gasteiger partial charge on any atom is -0.471 e. The van der Waals surface area contributed by atoms with Crippen molar-refractivity contribution in [2.45, 2.75) is 13.0 Å². The van der Waals surface area contributed by atoms with E-state index in [1.807, 2.05) is 60.7 Å². The fraction of sp³-hybridized carbons (Fsp3) is 0.105. The zero-order valence-corrected chi connectivity index (χ0v) is 14.3. The largest absolute Gasteiger partial charge is 0.471 e. The first-order valence-corrected chi connectivity index (χ1v) is 8.17. The maximum atomic E-state index is 12.3. The number of hydrogen-bond acceptors (Lipinski definition) is 7. The van der Waals surface area contributed by atoms with Crippen LogP contribution in [0.4, 0.5) is 17.5 Å². The lowest BCUT2D eigenvalue weighted by Gasteiger charge is -2.11. The smallest absolute Gasteiger partial charge is 0.251 e. The molecule has 0 bridgehead atoms. The van der Waals surface area contributed by atoms with Crippen LogP contribution in [-0.2, 0) is 17.8 Å². The number of carbonyl (C=O) groups excluding carboxylic acids is 1. The first-order valence-electron chi connectivity index (χ1n) is 8.17. The fourth-order valence-corrected chi connectivity index (χ4v) is 2.40. The molecule has 1 aromatic heterocycles. The number of carbonyl (C=O) groups is 1. The average molecular weight is 363 g/mol. The van der Waals surface area contributed by atoms with Gasteiger partial charge < -0.3 is 15.8 Å². The number of nitrogens with two attached hydrogens (primary N) is 1. The van der Waals surface area contributed by atoms with E-state index in [2.05, 4.69) is 20.5 Å². The molecule has 8 nitrogen and oxygen atoms in total. The van der Waals surface area contributed by atoms with Crippen LogP contribution in [-0.4, -0.2) is 15.9 Å². The summed E-state index contributed by atoms with van der Waals surface area (Å²) in [5, 5.41) is 5.46. The van der Waals surface area contributed by atoms with Crippen molar-refractivity contribution < 1.29 is 9.53 Å². The van der Waals surface area contributed by atoms with E-state index in [1.54, 1.807) is 0 Å². The van der Waals surface area contributed by atoms with Crippen molar-refractivity contribution in [2.75, 3.05) is 11.1 Å². The fourth-order valence-electron chi connectivity index (χ4n) is 2.40. The summed E-state index contributed by atoms with van der Waals surface area (Å²) in [6.07, 6.45) is 0.114. The maximum Gasteiger partial charge on any atom is 0.251 e. The Morgan fingerprint density at radius 1 is 1.00 bits per heavy atom. The van der Waals surface area contributed by atoms with Gasteiger partial charge in [-0.15, -0.1) is 4.91 Å². The Morgan fingerprint density at radius 2 is 1.63 bits per heavy atom. The number of nitroso groups, excluding NO2 is 1. The third-order valence-corrected chi connectivity index (χ3v) is 3.64. The predicted molar refractivity (Wildman–Crippen MR) is 101 cm³/mol. The van der Waals surface area contributed by atoms with E-state index in [1.165, 1.54) is 0 Å². The zero-order valence-electron chi connectivity index (χ0n) is 14.3. The average Bonchev–Trinajstić information content (AvgIpc) is 2.67. The van der Waals surface area contributed by atoms with Crippen molar-refractivity contribution in [1.29, 1.82) is 0 Å². The van der Waals surface area contributed by atoms with Gasteiger partial charge in [0.25, 0.3) is 5.88 Å². The van der Waals surface area contributed by atoms with E-state index >= 15 is 0 Å². The van der Waals surface area contributed by atoms with E-state index in [4.69, 9.17) is 10.5 Å². The molecule has 0 fully saturated rings. The van der Waals surface area contributed by atoms with Crippen LogP contribution in [0.5, 0.6) is 5.88 Å². The summed E-state index contributed by atoms with van der Waals surface area (Å²) in [5.41, 5.74) is 7.17. The van der Waals surface area contributed by atoms with Gasteiger partial charge in [0.2, 0.25) is 17.5 Å². The second-order valence-corrected chi connectivity index (χ2v) is 5.66. The molecule has 1 amide bonds. The second kappa shape index (κ2) is 8.52. The van der Waals surface area contributed by atoms with Gasteiger partial charge in [-0.25, -0.2) is 0 Å². The lowest BCUT2D eigenvalue weighted by atomic mass is 10.1. The van der Waals surface area contributed by atoms with Gasteiger partial charge in [0.1, 0.15) is 6.61 Å². The highest BCUT2D eigenvalue weighted by Crippen LogP contribution is 2.33. The summed E-state index contributed by atoms with van der Waals surface area (Å²) >= 11 is 0. The molecule has 0 saturated heterocycles. The van der Waals surface area contributed by atoms with Crippen LogP contribution in [0.15, 0.2) is 65.8 Å². The van der Waals surface area contributed by atoms with E-state index in [9.17, 15) is 9.70 Å². The topological polar surface area (TPSA) is 120 Å². The molecule has 0 radical (unpaired) electrons. The summed E-state index contributed by atoms with van der Waals surface area (Å²) in [5.74, 6) is -0.670.